The molecule has 0 saturated heterocycles. The molecule has 0 rings (SSSR count). The highest BCUT2D eigenvalue weighted by Gasteiger charge is 2.69. The largest absolute Gasteiger partial charge is 0.419 e. The maximum atomic E-state index is 14.2. The summed E-state index contributed by atoms with van der Waals surface area (Å²) in [6, 6.07) is 0. The minimum absolute atomic E-state index is 0.234. The van der Waals surface area contributed by atoms with Gasteiger partial charge in [-0.15, -0.1) is 0 Å². The number of ether oxygens (including phenoxy) is 2. The molecule has 0 spiro atoms. The minimum atomic E-state index is -6.28. The molecule has 0 N–H and O–H groups in total. The number of rotatable bonds is 10. The van der Waals surface area contributed by atoms with E-state index in [4.69, 9.17) is 0 Å². The highest BCUT2D eigenvalue weighted by atomic mass is 19.3. The van der Waals surface area contributed by atoms with Gasteiger partial charge in [0.1, 0.15) is 0 Å². The second-order valence-electron chi connectivity index (χ2n) is 5.25. The molecular formula is C11H12F12O2. The van der Waals surface area contributed by atoms with Gasteiger partial charge in [-0.05, 0) is 6.92 Å². The first-order chi connectivity index (χ1) is 10.7. The second kappa shape index (κ2) is 7.00. The molecular weight excluding hydrogens is 392 g/mol. The van der Waals surface area contributed by atoms with Gasteiger partial charge in [0.2, 0.25) is 0 Å². The van der Waals surface area contributed by atoms with Crippen LogP contribution in [-0.4, -0.2) is 49.1 Å². The Morgan fingerprint density at radius 3 is 1.32 bits per heavy atom. The van der Waals surface area contributed by atoms with E-state index >= 15 is 0 Å². The lowest BCUT2D eigenvalue weighted by Crippen LogP contribution is -2.59. The van der Waals surface area contributed by atoms with Crippen LogP contribution in [0.25, 0.3) is 0 Å². The van der Waals surface area contributed by atoms with Gasteiger partial charge in [0, 0.05) is 6.92 Å². The van der Waals surface area contributed by atoms with E-state index in [2.05, 4.69) is 9.47 Å². The third-order valence-electron chi connectivity index (χ3n) is 2.81. The van der Waals surface area contributed by atoms with Crippen LogP contribution >= 0.6 is 0 Å². The molecule has 0 amide bonds. The maximum Gasteiger partial charge on any atom is 0.419 e. The van der Waals surface area contributed by atoms with Crippen LogP contribution in [0.3, 0.4) is 0 Å². The Kier molecular flexibility index (Phi) is 6.75. The van der Waals surface area contributed by atoms with Gasteiger partial charge in [0.15, 0.2) is 19.0 Å². The van der Waals surface area contributed by atoms with Gasteiger partial charge in [-0.3, -0.25) is 4.74 Å². The second-order valence-corrected chi connectivity index (χ2v) is 5.25. The molecule has 0 aromatic rings. The summed E-state index contributed by atoms with van der Waals surface area (Å²) in [6.45, 7) is -6.51. The molecule has 0 bridgehead atoms. The summed E-state index contributed by atoms with van der Waals surface area (Å²) in [5.41, 5.74) is -4.37. The molecule has 0 saturated carbocycles. The highest BCUT2D eigenvalue weighted by Crippen LogP contribution is 2.49. The standard InChI is InChI=1S/C11H12F12O2/c1-6(14,7(2,15)16)3-8(17,24-9(18,19)4-12)11(22,23)25-10(20,21)5-13/h3-5H2,1-2H3. The van der Waals surface area contributed by atoms with E-state index < -0.39 is 55.5 Å². The van der Waals surface area contributed by atoms with Crippen LogP contribution in [0.4, 0.5) is 52.7 Å². The van der Waals surface area contributed by atoms with Crippen molar-refractivity contribution in [1.82, 2.24) is 0 Å². The highest BCUT2D eigenvalue weighted by molar-refractivity contribution is 4.95. The van der Waals surface area contributed by atoms with Crippen LogP contribution in [-0.2, 0) is 9.47 Å². The first-order valence-electron chi connectivity index (χ1n) is 6.16. The van der Waals surface area contributed by atoms with Crippen LogP contribution in [0, 0.1) is 0 Å². The average Bonchev–Trinajstić information content (AvgIpc) is 2.34. The van der Waals surface area contributed by atoms with Gasteiger partial charge in [0.05, 0.1) is 6.42 Å². The third kappa shape index (κ3) is 6.08. The quantitative estimate of drug-likeness (QED) is 0.468. The minimum Gasteiger partial charge on any atom is -0.272 e. The summed E-state index contributed by atoms with van der Waals surface area (Å²) in [7, 11) is 0. The van der Waals surface area contributed by atoms with Crippen LogP contribution in [0.5, 0.6) is 0 Å². The Labute approximate surface area is 133 Å². The number of hydrogen-bond donors (Lipinski definition) is 0. The van der Waals surface area contributed by atoms with Crippen molar-refractivity contribution in [3.8, 4) is 0 Å². The van der Waals surface area contributed by atoms with Crippen molar-refractivity contribution in [3.63, 3.8) is 0 Å². The Morgan fingerprint density at radius 1 is 0.640 bits per heavy atom. The summed E-state index contributed by atoms with van der Waals surface area (Å²) >= 11 is 0. The molecule has 25 heavy (non-hydrogen) atoms. The third-order valence-corrected chi connectivity index (χ3v) is 2.81. The summed E-state index contributed by atoms with van der Waals surface area (Å²) in [4.78, 5) is 0. The van der Waals surface area contributed by atoms with Crippen molar-refractivity contribution < 1.29 is 62.2 Å². The van der Waals surface area contributed by atoms with E-state index in [1.54, 1.807) is 0 Å². The maximum absolute atomic E-state index is 14.2. The molecule has 2 atom stereocenters. The molecule has 0 aromatic carbocycles. The lowest BCUT2D eigenvalue weighted by Gasteiger charge is -2.39. The number of halogens is 12. The lowest BCUT2D eigenvalue weighted by molar-refractivity contribution is -0.486. The Morgan fingerprint density at radius 2 is 1.00 bits per heavy atom. The van der Waals surface area contributed by atoms with Gasteiger partial charge >= 0.3 is 24.2 Å². The first kappa shape index (κ1) is 24.1. The van der Waals surface area contributed by atoms with E-state index in [1.807, 2.05) is 0 Å². The van der Waals surface area contributed by atoms with Crippen molar-refractivity contribution in [2.24, 2.45) is 0 Å². The molecule has 0 aliphatic rings. The number of alkyl halides is 12. The molecule has 0 radical (unpaired) electrons. The zero-order chi connectivity index (χ0) is 20.5. The summed E-state index contributed by atoms with van der Waals surface area (Å²) in [5, 5.41) is 0. The zero-order valence-electron chi connectivity index (χ0n) is 12.5. The van der Waals surface area contributed by atoms with E-state index in [0.717, 1.165) is 0 Å². The summed E-state index contributed by atoms with van der Waals surface area (Å²) in [5.74, 6) is -10.4. The summed E-state index contributed by atoms with van der Waals surface area (Å²) < 4.78 is 160. The fraction of sp³-hybridized carbons (Fsp3) is 1.00. The van der Waals surface area contributed by atoms with Crippen molar-refractivity contribution in [2.45, 2.75) is 56.0 Å². The fourth-order valence-corrected chi connectivity index (χ4v) is 1.34. The van der Waals surface area contributed by atoms with Gasteiger partial charge in [-0.1, -0.05) is 0 Å². The van der Waals surface area contributed by atoms with Crippen LogP contribution in [0.2, 0.25) is 0 Å². The Bertz CT molecular complexity index is 447. The van der Waals surface area contributed by atoms with Crippen molar-refractivity contribution in [1.29, 1.82) is 0 Å². The van der Waals surface area contributed by atoms with Crippen LogP contribution < -0.4 is 0 Å². The van der Waals surface area contributed by atoms with E-state index in [0.29, 0.717) is 0 Å². The smallest absolute Gasteiger partial charge is 0.272 e. The topological polar surface area (TPSA) is 18.5 Å². The Balaban J connectivity index is 6.00. The molecule has 0 heterocycles. The van der Waals surface area contributed by atoms with Gasteiger partial charge in [-0.2, -0.15) is 26.3 Å². The summed E-state index contributed by atoms with van der Waals surface area (Å²) in [6.07, 6.45) is -20.2. The fourth-order valence-electron chi connectivity index (χ4n) is 1.34. The molecule has 0 aromatic heterocycles. The van der Waals surface area contributed by atoms with E-state index in [-0.39, 0.29) is 13.8 Å². The average molecular weight is 404 g/mol. The van der Waals surface area contributed by atoms with Gasteiger partial charge in [0.25, 0.3) is 5.92 Å². The van der Waals surface area contributed by atoms with Crippen LogP contribution in [0.15, 0.2) is 0 Å². The van der Waals surface area contributed by atoms with Crippen molar-refractivity contribution in [3.05, 3.63) is 0 Å². The SMILES string of the molecule is CC(F)(F)C(C)(F)CC(F)(OC(F)(F)CF)C(F)(F)OC(F)(F)CF. The molecule has 2 unspecified atom stereocenters. The predicted molar refractivity (Wildman–Crippen MR) is 57.6 cm³/mol. The monoisotopic (exact) mass is 404 g/mol. The Hall–Kier alpha value is -0.920. The lowest BCUT2D eigenvalue weighted by atomic mass is 9.92. The first-order valence-corrected chi connectivity index (χ1v) is 6.16. The normalized spacial score (nSPS) is 19.4. The predicted octanol–water partition coefficient (Wildman–Crippen LogP) is 5.18. The molecule has 14 heteroatoms. The zero-order valence-corrected chi connectivity index (χ0v) is 12.5. The van der Waals surface area contributed by atoms with Crippen molar-refractivity contribution >= 4 is 0 Å². The number of hydrogen-bond acceptors (Lipinski definition) is 2. The van der Waals surface area contributed by atoms with E-state index in [1.165, 1.54) is 0 Å². The molecule has 0 aliphatic heterocycles. The van der Waals surface area contributed by atoms with Gasteiger partial charge in [-0.25, -0.2) is 31.1 Å². The van der Waals surface area contributed by atoms with E-state index in [9.17, 15) is 52.7 Å². The molecule has 152 valence electrons. The van der Waals surface area contributed by atoms with Crippen LogP contribution in [0.1, 0.15) is 20.3 Å². The van der Waals surface area contributed by atoms with Gasteiger partial charge < -0.3 is 0 Å². The molecule has 0 fully saturated rings. The molecule has 2 nitrogen and oxygen atoms in total. The van der Waals surface area contributed by atoms with Crippen molar-refractivity contribution in [2.75, 3.05) is 13.3 Å². The molecule has 0 aliphatic carbocycles.